The molecule has 1 aromatic heterocycles. The van der Waals surface area contributed by atoms with Gasteiger partial charge in [0.05, 0.1) is 13.0 Å². The molecule has 9 heteroatoms. The molecule has 1 saturated heterocycles. The SMILES string of the molecule is COc1ccc(-c2nnc([C@@H](C)OC(=O)C3CCN(C(=O)c4ccc(F)cc4)CC3)o2)cc1. The first-order valence-corrected chi connectivity index (χ1v) is 10.7. The summed E-state index contributed by atoms with van der Waals surface area (Å²) in [4.78, 5) is 26.9. The van der Waals surface area contributed by atoms with Gasteiger partial charge in [0.1, 0.15) is 11.6 Å². The van der Waals surface area contributed by atoms with E-state index in [0.29, 0.717) is 43.1 Å². The maximum Gasteiger partial charge on any atom is 0.309 e. The number of nitrogens with zero attached hydrogens (tertiary/aromatic N) is 3. The second-order valence-corrected chi connectivity index (χ2v) is 7.83. The van der Waals surface area contributed by atoms with Crippen LogP contribution in [0.1, 0.15) is 42.1 Å². The molecular weight excluding hydrogens is 429 g/mol. The number of ether oxygens (including phenoxy) is 2. The van der Waals surface area contributed by atoms with Crippen molar-refractivity contribution in [3.05, 3.63) is 65.8 Å². The van der Waals surface area contributed by atoms with Gasteiger partial charge < -0.3 is 18.8 Å². The van der Waals surface area contributed by atoms with E-state index in [1.54, 1.807) is 43.2 Å². The Balaban J connectivity index is 1.30. The van der Waals surface area contributed by atoms with Crippen molar-refractivity contribution >= 4 is 11.9 Å². The van der Waals surface area contributed by atoms with E-state index in [4.69, 9.17) is 13.9 Å². The Kier molecular flexibility index (Phi) is 6.67. The van der Waals surface area contributed by atoms with Crippen LogP contribution in [0, 0.1) is 11.7 Å². The molecule has 0 spiro atoms. The van der Waals surface area contributed by atoms with Crippen LogP contribution in [0.5, 0.6) is 5.75 Å². The predicted molar refractivity (Wildman–Crippen MR) is 116 cm³/mol. The third kappa shape index (κ3) is 5.19. The lowest BCUT2D eigenvalue weighted by Gasteiger charge is -2.31. The maximum atomic E-state index is 13.1. The lowest BCUT2D eigenvalue weighted by Crippen LogP contribution is -2.40. The molecule has 0 saturated carbocycles. The first-order valence-electron chi connectivity index (χ1n) is 10.7. The summed E-state index contributed by atoms with van der Waals surface area (Å²) in [6.07, 6.45) is 0.273. The highest BCUT2D eigenvalue weighted by molar-refractivity contribution is 5.94. The monoisotopic (exact) mass is 453 g/mol. The number of aromatic nitrogens is 2. The van der Waals surface area contributed by atoms with Crippen LogP contribution >= 0.6 is 0 Å². The number of esters is 1. The number of hydrogen-bond donors (Lipinski definition) is 0. The minimum absolute atomic E-state index is 0.174. The quantitative estimate of drug-likeness (QED) is 0.520. The van der Waals surface area contributed by atoms with Gasteiger partial charge in [-0.3, -0.25) is 9.59 Å². The van der Waals surface area contributed by atoms with Crippen LogP contribution in [0.15, 0.2) is 52.9 Å². The van der Waals surface area contributed by atoms with Crippen LogP contribution in [0.2, 0.25) is 0 Å². The fourth-order valence-electron chi connectivity index (χ4n) is 3.66. The zero-order valence-corrected chi connectivity index (χ0v) is 18.4. The van der Waals surface area contributed by atoms with Crippen LogP contribution in [0.4, 0.5) is 4.39 Å². The first-order chi connectivity index (χ1) is 15.9. The second kappa shape index (κ2) is 9.81. The van der Waals surface area contributed by atoms with Crippen molar-refractivity contribution in [1.82, 2.24) is 15.1 Å². The van der Waals surface area contributed by atoms with E-state index in [1.807, 2.05) is 0 Å². The number of halogens is 1. The molecule has 0 aliphatic carbocycles. The van der Waals surface area contributed by atoms with E-state index in [2.05, 4.69) is 10.2 Å². The number of rotatable bonds is 6. The fraction of sp³-hybridized carbons (Fsp3) is 0.333. The summed E-state index contributed by atoms with van der Waals surface area (Å²) in [5, 5.41) is 8.03. The predicted octanol–water partition coefficient (Wildman–Crippen LogP) is 4.04. The minimum Gasteiger partial charge on any atom is -0.497 e. The lowest BCUT2D eigenvalue weighted by molar-refractivity contribution is -0.156. The van der Waals surface area contributed by atoms with Gasteiger partial charge in [0, 0.05) is 24.2 Å². The van der Waals surface area contributed by atoms with Crippen molar-refractivity contribution in [2.45, 2.75) is 25.9 Å². The summed E-state index contributed by atoms with van der Waals surface area (Å²) in [5.74, 6) is -0.00617. The van der Waals surface area contributed by atoms with Gasteiger partial charge in [-0.25, -0.2) is 4.39 Å². The number of carbonyl (C=O) groups excluding carboxylic acids is 2. The fourth-order valence-corrected chi connectivity index (χ4v) is 3.66. The Morgan fingerprint density at radius 3 is 2.36 bits per heavy atom. The molecule has 33 heavy (non-hydrogen) atoms. The maximum absolute atomic E-state index is 13.1. The van der Waals surface area contributed by atoms with Gasteiger partial charge in [0.25, 0.3) is 11.8 Å². The zero-order chi connectivity index (χ0) is 23.4. The summed E-state index contributed by atoms with van der Waals surface area (Å²) < 4.78 is 29.5. The van der Waals surface area contributed by atoms with E-state index in [0.717, 1.165) is 5.56 Å². The van der Waals surface area contributed by atoms with Crippen molar-refractivity contribution in [2.24, 2.45) is 5.92 Å². The molecule has 0 N–H and O–H groups in total. The van der Waals surface area contributed by atoms with Crippen molar-refractivity contribution in [2.75, 3.05) is 20.2 Å². The average Bonchev–Trinajstić information content (AvgIpc) is 3.35. The van der Waals surface area contributed by atoms with Gasteiger partial charge in [-0.15, -0.1) is 10.2 Å². The Labute approximate surface area is 190 Å². The van der Waals surface area contributed by atoms with E-state index in [9.17, 15) is 14.0 Å². The molecule has 1 fully saturated rings. The summed E-state index contributed by atoms with van der Waals surface area (Å²) in [6.45, 7) is 2.52. The molecule has 172 valence electrons. The third-order valence-corrected chi connectivity index (χ3v) is 5.62. The Morgan fingerprint density at radius 1 is 1.06 bits per heavy atom. The molecule has 1 atom stereocenters. The molecule has 1 amide bonds. The standard InChI is InChI=1S/C24H24FN3O5/c1-15(21-26-27-22(33-21)16-5-9-20(31-2)10-6-16)32-24(30)18-11-13-28(14-12-18)23(29)17-3-7-19(25)8-4-17/h3-10,15,18H,11-14H2,1-2H3/t15-/m1/s1. The zero-order valence-electron chi connectivity index (χ0n) is 18.4. The number of carbonyl (C=O) groups is 2. The topological polar surface area (TPSA) is 94.8 Å². The molecule has 4 rings (SSSR count). The molecular formula is C24H24FN3O5. The average molecular weight is 453 g/mol. The highest BCUT2D eigenvalue weighted by atomic mass is 19.1. The molecule has 2 heterocycles. The molecule has 0 radical (unpaired) electrons. The molecule has 3 aromatic rings. The first kappa shape index (κ1) is 22.4. The normalized spacial score (nSPS) is 15.2. The Morgan fingerprint density at radius 2 is 1.73 bits per heavy atom. The third-order valence-electron chi connectivity index (χ3n) is 5.62. The van der Waals surface area contributed by atoms with E-state index >= 15 is 0 Å². The van der Waals surface area contributed by atoms with Gasteiger partial charge in [-0.2, -0.15) is 0 Å². The van der Waals surface area contributed by atoms with Gasteiger partial charge in [0.2, 0.25) is 5.89 Å². The van der Waals surface area contributed by atoms with Gasteiger partial charge >= 0.3 is 5.97 Å². The molecule has 0 bridgehead atoms. The number of amides is 1. The summed E-state index contributed by atoms with van der Waals surface area (Å²) in [6, 6.07) is 12.6. The van der Waals surface area contributed by atoms with Crippen molar-refractivity contribution in [1.29, 1.82) is 0 Å². The smallest absolute Gasteiger partial charge is 0.309 e. The van der Waals surface area contributed by atoms with Crippen LogP contribution in [0.3, 0.4) is 0 Å². The van der Waals surface area contributed by atoms with Gasteiger partial charge in [-0.05, 0) is 68.3 Å². The number of piperidine rings is 1. The molecule has 1 aliphatic rings. The largest absolute Gasteiger partial charge is 0.497 e. The Hall–Kier alpha value is -3.75. The Bertz CT molecular complexity index is 1110. The van der Waals surface area contributed by atoms with E-state index < -0.39 is 6.10 Å². The van der Waals surface area contributed by atoms with Crippen LogP contribution in [-0.4, -0.2) is 47.2 Å². The molecule has 1 aliphatic heterocycles. The van der Waals surface area contributed by atoms with Crippen LogP contribution in [0.25, 0.3) is 11.5 Å². The summed E-state index contributed by atoms with van der Waals surface area (Å²) in [7, 11) is 1.59. The van der Waals surface area contributed by atoms with Crippen molar-refractivity contribution in [3.63, 3.8) is 0 Å². The number of methoxy groups -OCH3 is 1. The van der Waals surface area contributed by atoms with Crippen molar-refractivity contribution in [3.8, 4) is 17.2 Å². The van der Waals surface area contributed by atoms with E-state index in [-0.39, 0.29) is 29.5 Å². The molecule has 0 unspecified atom stereocenters. The lowest BCUT2D eigenvalue weighted by atomic mass is 9.96. The number of benzene rings is 2. The number of likely N-dealkylation sites (tertiary alicyclic amines) is 1. The summed E-state index contributed by atoms with van der Waals surface area (Å²) >= 11 is 0. The van der Waals surface area contributed by atoms with Crippen molar-refractivity contribution < 1.29 is 27.9 Å². The molecule has 2 aromatic carbocycles. The van der Waals surface area contributed by atoms with Crippen LogP contribution in [-0.2, 0) is 9.53 Å². The summed E-state index contributed by atoms with van der Waals surface area (Å²) in [5.41, 5.74) is 1.15. The minimum atomic E-state index is -0.698. The molecule has 8 nitrogen and oxygen atoms in total. The number of hydrogen-bond acceptors (Lipinski definition) is 7. The highest BCUT2D eigenvalue weighted by Gasteiger charge is 2.30. The van der Waals surface area contributed by atoms with Crippen LogP contribution < -0.4 is 4.74 Å². The van der Waals surface area contributed by atoms with E-state index in [1.165, 1.54) is 24.3 Å². The van der Waals surface area contributed by atoms with Gasteiger partial charge in [0.15, 0.2) is 6.10 Å². The highest BCUT2D eigenvalue weighted by Crippen LogP contribution is 2.27. The van der Waals surface area contributed by atoms with Gasteiger partial charge in [-0.1, -0.05) is 0 Å². The second-order valence-electron chi connectivity index (χ2n) is 7.83.